The van der Waals surface area contributed by atoms with E-state index in [1.54, 1.807) is 32.0 Å². The first-order chi connectivity index (χ1) is 10.7. The van der Waals surface area contributed by atoms with Crippen LogP contribution in [0.15, 0.2) is 24.3 Å². The lowest BCUT2D eigenvalue weighted by molar-refractivity contribution is -0.141. The molecule has 1 amide bonds. The van der Waals surface area contributed by atoms with E-state index >= 15 is 0 Å². The summed E-state index contributed by atoms with van der Waals surface area (Å²) in [6.07, 6.45) is -4.45. The Hall–Kier alpha value is -1.76. The number of hydrogen-bond donors (Lipinski definition) is 0. The zero-order valence-corrected chi connectivity index (χ0v) is 13.5. The van der Waals surface area contributed by atoms with E-state index in [2.05, 4.69) is 0 Å². The molecule has 23 heavy (non-hydrogen) atoms. The van der Waals surface area contributed by atoms with Gasteiger partial charge in [-0.2, -0.15) is 13.2 Å². The summed E-state index contributed by atoms with van der Waals surface area (Å²) in [6, 6.07) is 6.28. The van der Waals surface area contributed by atoms with Crippen LogP contribution in [0.25, 0.3) is 0 Å². The van der Waals surface area contributed by atoms with Crippen LogP contribution >= 0.6 is 0 Å². The van der Waals surface area contributed by atoms with Gasteiger partial charge in [0.1, 0.15) is 18.9 Å². The summed E-state index contributed by atoms with van der Waals surface area (Å²) < 4.78 is 48.5. The molecule has 0 heterocycles. The van der Waals surface area contributed by atoms with Gasteiger partial charge >= 0.3 is 6.18 Å². The van der Waals surface area contributed by atoms with Crippen molar-refractivity contribution >= 4 is 5.91 Å². The molecule has 0 N–H and O–H groups in total. The number of rotatable bonds is 8. The Morgan fingerprint density at radius 1 is 1.22 bits per heavy atom. The maximum absolute atomic E-state index is 12.7. The highest BCUT2D eigenvalue weighted by Crippen LogP contribution is 2.23. The van der Waals surface area contributed by atoms with Gasteiger partial charge in [0.25, 0.3) is 5.91 Å². The summed E-state index contributed by atoms with van der Waals surface area (Å²) in [4.78, 5) is 13.3. The van der Waals surface area contributed by atoms with Crippen LogP contribution in [0.4, 0.5) is 13.2 Å². The van der Waals surface area contributed by atoms with Gasteiger partial charge in [-0.1, -0.05) is 26.0 Å². The number of hydrogen-bond acceptors (Lipinski definition) is 3. The molecule has 1 aromatic rings. The lowest BCUT2D eigenvalue weighted by Gasteiger charge is -2.26. The second-order valence-corrected chi connectivity index (χ2v) is 5.53. The molecule has 0 aliphatic carbocycles. The molecule has 130 valence electrons. The van der Waals surface area contributed by atoms with Crippen molar-refractivity contribution in [2.75, 3.05) is 33.4 Å². The highest BCUT2D eigenvalue weighted by atomic mass is 19.4. The van der Waals surface area contributed by atoms with Crippen molar-refractivity contribution in [2.45, 2.75) is 20.0 Å². The molecule has 0 aliphatic heterocycles. The van der Waals surface area contributed by atoms with E-state index in [-0.39, 0.29) is 30.4 Å². The molecule has 0 atom stereocenters. The van der Waals surface area contributed by atoms with Gasteiger partial charge in [0, 0.05) is 13.7 Å². The smallest absolute Gasteiger partial charge is 0.406 e. The summed E-state index contributed by atoms with van der Waals surface area (Å²) >= 11 is 0. The van der Waals surface area contributed by atoms with E-state index < -0.39 is 18.6 Å². The number of nitrogens with zero attached hydrogens (tertiary/aromatic N) is 1. The van der Waals surface area contributed by atoms with Gasteiger partial charge in [0.2, 0.25) is 0 Å². The average Bonchev–Trinajstić information content (AvgIpc) is 2.45. The molecule has 0 unspecified atom stereocenters. The quantitative estimate of drug-likeness (QED) is 0.685. The van der Waals surface area contributed by atoms with Crippen molar-refractivity contribution < 1.29 is 27.4 Å². The SMILES string of the molecule is COCCOc1ccccc1C(=O)N(CC(C)C)CC(F)(F)F. The van der Waals surface area contributed by atoms with Gasteiger partial charge in [-0.3, -0.25) is 4.79 Å². The Balaban J connectivity index is 2.98. The van der Waals surface area contributed by atoms with Crippen molar-refractivity contribution in [3.05, 3.63) is 29.8 Å². The van der Waals surface area contributed by atoms with Crippen LogP contribution in [0, 0.1) is 5.92 Å². The Kier molecular flexibility index (Phi) is 7.35. The minimum Gasteiger partial charge on any atom is -0.490 e. The summed E-state index contributed by atoms with van der Waals surface area (Å²) in [5.41, 5.74) is 0.119. The van der Waals surface area contributed by atoms with Crippen LogP contribution in [-0.4, -0.2) is 50.4 Å². The fourth-order valence-corrected chi connectivity index (χ4v) is 2.05. The standard InChI is InChI=1S/C16H22F3NO3/c1-12(2)10-20(11-16(17,18)19)15(21)13-6-4-5-7-14(13)23-9-8-22-3/h4-7,12H,8-11H2,1-3H3. The molecule has 0 radical (unpaired) electrons. The Labute approximate surface area is 134 Å². The number of alkyl halides is 3. The summed E-state index contributed by atoms with van der Waals surface area (Å²) in [5.74, 6) is -0.516. The molecule has 0 fully saturated rings. The van der Waals surface area contributed by atoms with Gasteiger partial charge in [0.15, 0.2) is 0 Å². The normalized spacial score (nSPS) is 11.6. The zero-order valence-electron chi connectivity index (χ0n) is 13.5. The zero-order chi connectivity index (χ0) is 17.5. The van der Waals surface area contributed by atoms with Gasteiger partial charge in [-0.05, 0) is 18.1 Å². The van der Waals surface area contributed by atoms with Crippen molar-refractivity contribution in [3.63, 3.8) is 0 Å². The lowest BCUT2D eigenvalue weighted by Crippen LogP contribution is -2.41. The van der Waals surface area contributed by atoms with Crippen LogP contribution in [0.5, 0.6) is 5.75 Å². The molecule has 0 spiro atoms. The van der Waals surface area contributed by atoms with Crippen molar-refractivity contribution in [1.29, 1.82) is 0 Å². The Morgan fingerprint density at radius 3 is 2.43 bits per heavy atom. The predicted molar refractivity (Wildman–Crippen MR) is 80.6 cm³/mol. The fourth-order valence-electron chi connectivity index (χ4n) is 2.05. The monoisotopic (exact) mass is 333 g/mol. The number of carbonyl (C=O) groups is 1. The first kappa shape index (κ1) is 19.3. The molecule has 1 aromatic carbocycles. The fraction of sp³-hybridized carbons (Fsp3) is 0.562. The lowest BCUT2D eigenvalue weighted by atomic mass is 10.1. The number of amides is 1. The predicted octanol–water partition coefficient (Wildman–Crippen LogP) is 3.37. The van der Waals surface area contributed by atoms with Gasteiger partial charge in [-0.15, -0.1) is 0 Å². The third kappa shape index (κ3) is 6.90. The first-order valence-electron chi connectivity index (χ1n) is 7.31. The largest absolute Gasteiger partial charge is 0.490 e. The highest BCUT2D eigenvalue weighted by Gasteiger charge is 2.34. The van der Waals surface area contributed by atoms with Crippen LogP contribution in [-0.2, 0) is 4.74 Å². The maximum Gasteiger partial charge on any atom is 0.406 e. The van der Waals surface area contributed by atoms with Gasteiger partial charge in [0.05, 0.1) is 12.2 Å². The molecule has 4 nitrogen and oxygen atoms in total. The second kappa shape index (κ2) is 8.76. The third-order valence-corrected chi connectivity index (χ3v) is 2.91. The number of ether oxygens (including phenoxy) is 2. The summed E-state index contributed by atoms with van der Waals surface area (Å²) in [6.45, 7) is 2.79. The van der Waals surface area contributed by atoms with E-state index in [4.69, 9.17) is 9.47 Å². The Bertz CT molecular complexity index is 504. The summed E-state index contributed by atoms with van der Waals surface area (Å²) in [7, 11) is 1.51. The number of benzene rings is 1. The molecule has 0 saturated carbocycles. The topological polar surface area (TPSA) is 38.8 Å². The Morgan fingerprint density at radius 2 is 1.87 bits per heavy atom. The minimum absolute atomic E-state index is 0.0186. The first-order valence-corrected chi connectivity index (χ1v) is 7.31. The van der Waals surface area contributed by atoms with E-state index in [9.17, 15) is 18.0 Å². The molecule has 0 saturated heterocycles. The molecule has 7 heteroatoms. The highest BCUT2D eigenvalue weighted by molar-refractivity contribution is 5.97. The molecule has 1 rings (SSSR count). The minimum atomic E-state index is -4.45. The molecule has 0 bridgehead atoms. The second-order valence-electron chi connectivity index (χ2n) is 5.53. The van der Waals surface area contributed by atoms with E-state index in [1.807, 2.05) is 0 Å². The van der Waals surface area contributed by atoms with Gasteiger partial charge < -0.3 is 14.4 Å². The van der Waals surface area contributed by atoms with E-state index in [1.165, 1.54) is 13.2 Å². The van der Waals surface area contributed by atoms with Crippen molar-refractivity contribution in [3.8, 4) is 5.75 Å². The van der Waals surface area contributed by atoms with Crippen LogP contribution in [0.1, 0.15) is 24.2 Å². The summed E-state index contributed by atoms with van der Waals surface area (Å²) in [5, 5.41) is 0. The molecular weight excluding hydrogens is 311 g/mol. The van der Waals surface area contributed by atoms with Crippen LogP contribution < -0.4 is 4.74 Å². The molecule has 0 aromatic heterocycles. The molecule has 0 aliphatic rings. The molecular formula is C16H22F3NO3. The van der Waals surface area contributed by atoms with Crippen LogP contribution in [0.3, 0.4) is 0 Å². The van der Waals surface area contributed by atoms with Crippen molar-refractivity contribution in [1.82, 2.24) is 4.90 Å². The van der Waals surface area contributed by atoms with Gasteiger partial charge in [-0.25, -0.2) is 0 Å². The van der Waals surface area contributed by atoms with E-state index in [0.29, 0.717) is 6.61 Å². The number of methoxy groups -OCH3 is 1. The van der Waals surface area contributed by atoms with Crippen molar-refractivity contribution in [2.24, 2.45) is 5.92 Å². The van der Waals surface area contributed by atoms with E-state index in [0.717, 1.165) is 4.90 Å². The average molecular weight is 333 g/mol. The number of para-hydroxylation sites is 1. The number of halogens is 3. The third-order valence-electron chi connectivity index (χ3n) is 2.91. The maximum atomic E-state index is 12.7. The number of carbonyl (C=O) groups excluding carboxylic acids is 1. The van der Waals surface area contributed by atoms with Crippen LogP contribution in [0.2, 0.25) is 0 Å².